The van der Waals surface area contributed by atoms with Crippen LogP contribution in [0.1, 0.15) is 41.0 Å². The Morgan fingerprint density at radius 2 is 2.13 bits per heavy atom. The molecule has 15 heavy (non-hydrogen) atoms. The number of carbonyl (C=O) groups excluding carboxylic acids is 1. The van der Waals surface area contributed by atoms with Crippen LogP contribution in [0.2, 0.25) is 0 Å². The van der Waals surface area contributed by atoms with Crippen molar-refractivity contribution in [3.8, 4) is 0 Å². The van der Waals surface area contributed by atoms with Crippen LogP contribution in [0.5, 0.6) is 0 Å². The summed E-state index contributed by atoms with van der Waals surface area (Å²) < 4.78 is 0. The molecule has 0 spiro atoms. The molecule has 0 N–H and O–H groups in total. The van der Waals surface area contributed by atoms with Crippen molar-refractivity contribution < 1.29 is 4.79 Å². The Morgan fingerprint density at radius 3 is 2.60 bits per heavy atom. The molecule has 2 atom stereocenters. The molecular weight excluding hydrogens is 184 g/mol. The summed E-state index contributed by atoms with van der Waals surface area (Å²) >= 11 is 0. The molecule has 0 fully saturated rings. The fraction of sp³-hybridized carbons (Fsp3) is 0.643. The Balaban J connectivity index is 3.03. The lowest BCUT2D eigenvalue weighted by Crippen LogP contribution is -2.35. The standard InChI is InChI=1S/C14H22O/c1-6-7-12(15)13-11(3)8-10(2)9-14(13,4)5/h6-8,10,13H,9H2,1-5H3. The predicted molar refractivity (Wildman–Crippen MR) is 64.6 cm³/mol. The highest BCUT2D eigenvalue weighted by molar-refractivity contribution is 5.94. The smallest absolute Gasteiger partial charge is 0.162 e. The van der Waals surface area contributed by atoms with E-state index in [1.165, 1.54) is 5.57 Å². The second-order valence-electron chi connectivity index (χ2n) is 5.42. The molecule has 0 aliphatic heterocycles. The Hall–Kier alpha value is -0.850. The van der Waals surface area contributed by atoms with E-state index in [0.717, 1.165) is 6.42 Å². The monoisotopic (exact) mass is 206 g/mol. The lowest BCUT2D eigenvalue weighted by molar-refractivity contribution is -0.120. The molecule has 1 nitrogen and oxygen atoms in total. The first-order valence-corrected chi connectivity index (χ1v) is 5.73. The minimum atomic E-state index is 0.0740. The van der Waals surface area contributed by atoms with Crippen LogP contribution in [0.15, 0.2) is 23.8 Å². The Bertz CT molecular complexity index is 307. The highest BCUT2D eigenvalue weighted by Crippen LogP contribution is 2.43. The first kappa shape index (κ1) is 12.2. The number of rotatable bonds is 2. The average molecular weight is 206 g/mol. The van der Waals surface area contributed by atoms with Gasteiger partial charge in [0.15, 0.2) is 5.78 Å². The van der Waals surface area contributed by atoms with E-state index in [2.05, 4.69) is 33.8 Å². The third-order valence-corrected chi connectivity index (χ3v) is 3.25. The highest BCUT2D eigenvalue weighted by Gasteiger charge is 2.38. The first-order chi connectivity index (χ1) is 6.88. The van der Waals surface area contributed by atoms with Crippen molar-refractivity contribution in [2.45, 2.75) is 41.0 Å². The maximum Gasteiger partial charge on any atom is 0.162 e. The van der Waals surface area contributed by atoms with Gasteiger partial charge in [-0.1, -0.05) is 38.5 Å². The zero-order valence-corrected chi connectivity index (χ0v) is 10.5. The van der Waals surface area contributed by atoms with E-state index in [-0.39, 0.29) is 17.1 Å². The molecule has 1 aliphatic rings. The fourth-order valence-electron chi connectivity index (χ4n) is 3.04. The van der Waals surface area contributed by atoms with Gasteiger partial charge in [-0.2, -0.15) is 0 Å². The van der Waals surface area contributed by atoms with Gasteiger partial charge < -0.3 is 0 Å². The summed E-state index contributed by atoms with van der Waals surface area (Å²) in [6.07, 6.45) is 6.89. The van der Waals surface area contributed by atoms with E-state index in [1.807, 2.05) is 13.0 Å². The van der Waals surface area contributed by atoms with Crippen molar-refractivity contribution in [3.63, 3.8) is 0 Å². The minimum Gasteiger partial charge on any atom is -0.294 e. The average Bonchev–Trinajstić information content (AvgIpc) is 1.99. The van der Waals surface area contributed by atoms with Gasteiger partial charge in [-0.3, -0.25) is 4.79 Å². The molecule has 0 saturated heterocycles. The molecule has 0 amide bonds. The zero-order chi connectivity index (χ0) is 11.6. The van der Waals surface area contributed by atoms with Crippen LogP contribution in [-0.4, -0.2) is 5.78 Å². The molecule has 1 rings (SSSR count). The largest absolute Gasteiger partial charge is 0.294 e. The summed E-state index contributed by atoms with van der Waals surface area (Å²) in [5.41, 5.74) is 1.33. The zero-order valence-electron chi connectivity index (χ0n) is 10.5. The molecule has 0 aromatic rings. The van der Waals surface area contributed by atoms with Gasteiger partial charge in [0.25, 0.3) is 0 Å². The molecule has 0 radical (unpaired) electrons. The second-order valence-corrected chi connectivity index (χ2v) is 5.42. The number of ketones is 1. The van der Waals surface area contributed by atoms with Crippen molar-refractivity contribution in [1.29, 1.82) is 0 Å². The molecule has 0 aromatic heterocycles. The Morgan fingerprint density at radius 1 is 1.53 bits per heavy atom. The highest BCUT2D eigenvalue weighted by atomic mass is 16.1. The molecule has 84 valence electrons. The topological polar surface area (TPSA) is 17.1 Å². The van der Waals surface area contributed by atoms with E-state index in [1.54, 1.807) is 6.08 Å². The number of allylic oxidation sites excluding steroid dienone is 4. The molecule has 0 heterocycles. The lowest BCUT2D eigenvalue weighted by Gasteiger charge is -2.39. The van der Waals surface area contributed by atoms with Crippen LogP contribution in [0.25, 0.3) is 0 Å². The van der Waals surface area contributed by atoms with Crippen molar-refractivity contribution >= 4 is 5.78 Å². The summed E-state index contributed by atoms with van der Waals surface area (Å²) in [7, 11) is 0. The molecular formula is C14H22O. The van der Waals surface area contributed by atoms with Crippen molar-refractivity contribution in [1.82, 2.24) is 0 Å². The summed E-state index contributed by atoms with van der Waals surface area (Å²) in [6, 6.07) is 0. The van der Waals surface area contributed by atoms with Crippen molar-refractivity contribution in [3.05, 3.63) is 23.8 Å². The maximum absolute atomic E-state index is 12.0. The van der Waals surface area contributed by atoms with Crippen LogP contribution in [0.4, 0.5) is 0 Å². The van der Waals surface area contributed by atoms with Gasteiger partial charge in [0.1, 0.15) is 0 Å². The third kappa shape index (κ3) is 2.58. The van der Waals surface area contributed by atoms with Gasteiger partial charge in [0.2, 0.25) is 0 Å². The summed E-state index contributed by atoms with van der Waals surface area (Å²) in [5.74, 6) is 0.919. The molecule has 2 unspecified atom stereocenters. The van der Waals surface area contributed by atoms with Crippen LogP contribution < -0.4 is 0 Å². The summed E-state index contributed by atoms with van der Waals surface area (Å²) in [6.45, 7) is 10.6. The predicted octanol–water partition coefficient (Wildman–Crippen LogP) is 3.76. The summed E-state index contributed by atoms with van der Waals surface area (Å²) in [4.78, 5) is 12.0. The van der Waals surface area contributed by atoms with Crippen LogP contribution in [0.3, 0.4) is 0 Å². The van der Waals surface area contributed by atoms with Gasteiger partial charge >= 0.3 is 0 Å². The first-order valence-electron chi connectivity index (χ1n) is 5.73. The van der Waals surface area contributed by atoms with E-state index in [4.69, 9.17) is 0 Å². The van der Waals surface area contributed by atoms with Gasteiger partial charge in [0, 0.05) is 5.92 Å². The third-order valence-electron chi connectivity index (χ3n) is 3.25. The molecule has 0 bridgehead atoms. The van der Waals surface area contributed by atoms with Crippen LogP contribution in [-0.2, 0) is 4.79 Å². The molecule has 1 heteroatoms. The van der Waals surface area contributed by atoms with Gasteiger partial charge in [0.05, 0.1) is 0 Å². The quantitative estimate of drug-likeness (QED) is 0.496. The van der Waals surface area contributed by atoms with E-state index in [9.17, 15) is 4.79 Å². The molecule has 0 saturated carbocycles. The number of hydrogen-bond donors (Lipinski definition) is 0. The van der Waals surface area contributed by atoms with E-state index in [0.29, 0.717) is 5.92 Å². The maximum atomic E-state index is 12.0. The normalized spacial score (nSPS) is 30.3. The minimum absolute atomic E-state index is 0.0740. The van der Waals surface area contributed by atoms with Gasteiger partial charge in [-0.05, 0) is 37.7 Å². The summed E-state index contributed by atoms with van der Waals surface area (Å²) in [5, 5.41) is 0. The Kier molecular flexibility index (Phi) is 3.54. The number of hydrogen-bond acceptors (Lipinski definition) is 1. The van der Waals surface area contributed by atoms with Gasteiger partial charge in [-0.25, -0.2) is 0 Å². The van der Waals surface area contributed by atoms with Crippen molar-refractivity contribution in [2.75, 3.05) is 0 Å². The molecule has 0 aromatic carbocycles. The second kappa shape index (κ2) is 4.34. The van der Waals surface area contributed by atoms with E-state index >= 15 is 0 Å². The van der Waals surface area contributed by atoms with Crippen LogP contribution in [0, 0.1) is 17.3 Å². The Labute approximate surface area is 93.3 Å². The molecule has 1 aliphatic carbocycles. The van der Waals surface area contributed by atoms with Crippen molar-refractivity contribution in [2.24, 2.45) is 17.3 Å². The van der Waals surface area contributed by atoms with E-state index < -0.39 is 0 Å². The van der Waals surface area contributed by atoms with Crippen LogP contribution >= 0.6 is 0 Å². The lowest BCUT2D eigenvalue weighted by atomic mass is 9.64. The fourth-order valence-corrected chi connectivity index (χ4v) is 3.04. The number of carbonyl (C=O) groups is 1. The SMILES string of the molecule is CC=CC(=O)C1C(C)=CC(C)CC1(C)C. The van der Waals surface area contributed by atoms with Gasteiger partial charge in [-0.15, -0.1) is 0 Å².